The Bertz CT molecular complexity index is 667. The lowest BCUT2D eigenvalue weighted by atomic mass is 9.99. The van der Waals surface area contributed by atoms with E-state index in [-0.39, 0.29) is 10.8 Å². The van der Waals surface area contributed by atoms with Crippen LogP contribution in [0, 0.1) is 5.92 Å². The van der Waals surface area contributed by atoms with Crippen molar-refractivity contribution in [3.63, 3.8) is 0 Å². The lowest BCUT2D eigenvalue weighted by molar-refractivity contribution is 0.0730. The predicted molar refractivity (Wildman–Crippen MR) is 102 cm³/mol. The summed E-state index contributed by atoms with van der Waals surface area (Å²) >= 11 is 0. The minimum absolute atomic E-state index is 0.157. The Hall–Kier alpha value is -1.44. The molecule has 1 aromatic rings. The summed E-state index contributed by atoms with van der Waals surface area (Å²) in [6.45, 7) is 6.51. The van der Waals surface area contributed by atoms with E-state index in [1.807, 2.05) is 0 Å². The quantitative estimate of drug-likeness (QED) is 0.712. The van der Waals surface area contributed by atoms with Crippen molar-refractivity contribution in [3.8, 4) is 0 Å². The molecule has 26 heavy (non-hydrogen) atoms. The van der Waals surface area contributed by atoms with E-state index in [0.717, 1.165) is 19.3 Å². The van der Waals surface area contributed by atoms with Gasteiger partial charge in [-0.1, -0.05) is 33.1 Å². The number of carbonyl (C=O) groups is 1. The van der Waals surface area contributed by atoms with Crippen LogP contribution in [0.1, 0.15) is 49.9 Å². The van der Waals surface area contributed by atoms with Gasteiger partial charge in [0.1, 0.15) is 0 Å². The molecule has 1 amide bonds. The molecule has 1 aliphatic rings. The Labute approximate surface area is 157 Å². The molecule has 0 bridgehead atoms. The van der Waals surface area contributed by atoms with E-state index in [0.29, 0.717) is 44.3 Å². The smallest absolute Gasteiger partial charge is 0.251 e. The maximum atomic E-state index is 12.6. The van der Waals surface area contributed by atoms with E-state index in [1.54, 1.807) is 12.1 Å². The van der Waals surface area contributed by atoms with Crippen LogP contribution in [0.2, 0.25) is 0 Å². The molecular formula is C19H30N2O4S. The highest BCUT2D eigenvalue weighted by Gasteiger charge is 2.26. The number of sulfonamides is 1. The second-order valence-electron chi connectivity index (χ2n) is 6.67. The van der Waals surface area contributed by atoms with Crippen molar-refractivity contribution in [3.05, 3.63) is 29.8 Å². The van der Waals surface area contributed by atoms with Gasteiger partial charge in [0.25, 0.3) is 5.91 Å². The summed E-state index contributed by atoms with van der Waals surface area (Å²) in [6, 6.07) is 6.17. The molecule has 0 saturated carbocycles. The van der Waals surface area contributed by atoms with Crippen molar-refractivity contribution >= 4 is 15.9 Å². The fraction of sp³-hybridized carbons (Fsp3) is 0.632. The monoisotopic (exact) mass is 382 g/mol. The first-order valence-corrected chi connectivity index (χ1v) is 10.9. The molecule has 1 atom stereocenters. The fourth-order valence-electron chi connectivity index (χ4n) is 3.00. The molecule has 1 aliphatic heterocycles. The number of nitrogens with zero attached hydrogens (tertiary/aromatic N) is 1. The van der Waals surface area contributed by atoms with Crippen LogP contribution in [0.25, 0.3) is 0 Å². The minimum Gasteiger partial charge on any atom is -0.379 e. The standard InChI is InChI=1S/C19H30N2O4S/c1-3-5-6-16(4-2)15-20-19(22)17-7-9-18(10-8-17)26(23,24)21-11-13-25-14-12-21/h7-10,16H,3-6,11-15H2,1-2H3,(H,20,22). The summed E-state index contributed by atoms with van der Waals surface area (Å²) < 4.78 is 31.8. The second kappa shape index (κ2) is 10.0. The SMILES string of the molecule is CCCCC(CC)CNC(=O)c1ccc(S(=O)(=O)N2CCOCC2)cc1. The van der Waals surface area contributed by atoms with Crippen molar-refractivity contribution in [1.82, 2.24) is 9.62 Å². The van der Waals surface area contributed by atoms with E-state index < -0.39 is 10.0 Å². The number of rotatable bonds is 9. The number of hydrogen-bond acceptors (Lipinski definition) is 4. The summed E-state index contributed by atoms with van der Waals surface area (Å²) in [5.74, 6) is 0.329. The Morgan fingerprint density at radius 2 is 1.85 bits per heavy atom. The molecule has 7 heteroatoms. The number of benzene rings is 1. The molecule has 1 fully saturated rings. The molecule has 1 unspecified atom stereocenters. The molecular weight excluding hydrogens is 352 g/mol. The molecule has 1 aromatic carbocycles. The zero-order valence-electron chi connectivity index (χ0n) is 15.7. The highest BCUT2D eigenvalue weighted by molar-refractivity contribution is 7.89. The summed E-state index contributed by atoms with van der Waals surface area (Å²) in [5.41, 5.74) is 0.483. The van der Waals surface area contributed by atoms with Gasteiger partial charge in [0.2, 0.25) is 10.0 Å². The molecule has 6 nitrogen and oxygen atoms in total. The highest BCUT2D eigenvalue weighted by atomic mass is 32.2. The highest BCUT2D eigenvalue weighted by Crippen LogP contribution is 2.18. The van der Waals surface area contributed by atoms with Gasteiger partial charge < -0.3 is 10.1 Å². The van der Waals surface area contributed by atoms with Gasteiger partial charge in [-0.15, -0.1) is 0 Å². The van der Waals surface area contributed by atoms with Crippen LogP contribution in [-0.2, 0) is 14.8 Å². The molecule has 146 valence electrons. The Morgan fingerprint density at radius 3 is 2.42 bits per heavy atom. The van der Waals surface area contributed by atoms with Gasteiger partial charge in [-0.3, -0.25) is 4.79 Å². The van der Waals surface area contributed by atoms with Crippen molar-refractivity contribution in [1.29, 1.82) is 0 Å². The Morgan fingerprint density at radius 1 is 1.19 bits per heavy atom. The lowest BCUT2D eigenvalue weighted by Gasteiger charge is -2.26. The van der Waals surface area contributed by atoms with E-state index in [4.69, 9.17) is 4.74 Å². The molecule has 1 saturated heterocycles. The van der Waals surface area contributed by atoms with Gasteiger partial charge in [-0.25, -0.2) is 8.42 Å². The van der Waals surface area contributed by atoms with E-state index in [1.165, 1.54) is 22.9 Å². The third-order valence-corrected chi connectivity index (χ3v) is 6.73. The molecule has 1 heterocycles. The van der Waals surface area contributed by atoms with Crippen LogP contribution in [0.3, 0.4) is 0 Å². The third kappa shape index (κ3) is 5.53. The Balaban J connectivity index is 1.96. The largest absolute Gasteiger partial charge is 0.379 e. The van der Waals surface area contributed by atoms with Crippen molar-refractivity contribution in [2.75, 3.05) is 32.8 Å². The van der Waals surface area contributed by atoms with Crippen LogP contribution in [0.4, 0.5) is 0 Å². The molecule has 1 N–H and O–H groups in total. The third-order valence-electron chi connectivity index (χ3n) is 4.82. The zero-order valence-corrected chi connectivity index (χ0v) is 16.6. The van der Waals surface area contributed by atoms with Crippen LogP contribution in [-0.4, -0.2) is 51.5 Å². The van der Waals surface area contributed by atoms with Crippen molar-refractivity contribution < 1.29 is 17.9 Å². The van der Waals surface area contributed by atoms with Crippen LogP contribution < -0.4 is 5.32 Å². The summed E-state index contributed by atoms with van der Waals surface area (Å²) in [5, 5.41) is 2.97. The zero-order chi connectivity index (χ0) is 19.0. The van der Waals surface area contributed by atoms with Crippen LogP contribution >= 0.6 is 0 Å². The number of morpholine rings is 1. The first kappa shape index (κ1) is 20.9. The van der Waals surface area contributed by atoms with E-state index in [9.17, 15) is 13.2 Å². The van der Waals surface area contributed by atoms with Gasteiger partial charge in [0, 0.05) is 25.2 Å². The van der Waals surface area contributed by atoms with E-state index in [2.05, 4.69) is 19.2 Å². The average Bonchev–Trinajstić information content (AvgIpc) is 2.68. The van der Waals surface area contributed by atoms with Crippen LogP contribution in [0.15, 0.2) is 29.2 Å². The van der Waals surface area contributed by atoms with Crippen molar-refractivity contribution in [2.45, 2.75) is 44.4 Å². The summed E-state index contributed by atoms with van der Waals surface area (Å²) in [7, 11) is -3.52. The maximum absolute atomic E-state index is 12.6. The number of carbonyl (C=O) groups excluding carboxylic acids is 1. The maximum Gasteiger partial charge on any atom is 0.251 e. The van der Waals surface area contributed by atoms with E-state index >= 15 is 0 Å². The second-order valence-corrected chi connectivity index (χ2v) is 8.61. The normalized spacial score (nSPS) is 17.0. The number of unbranched alkanes of at least 4 members (excludes halogenated alkanes) is 1. The molecule has 0 aliphatic carbocycles. The topological polar surface area (TPSA) is 75.7 Å². The predicted octanol–water partition coefficient (Wildman–Crippen LogP) is 2.65. The molecule has 0 aromatic heterocycles. The van der Waals surface area contributed by atoms with Gasteiger partial charge >= 0.3 is 0 Å². The number of ether oxygens (including phenoxy) is 1. The lowest BCUT2D eigenvalue weighted by Crippen LogP contribution is -2.40. The Kier molecular flexibility index (Phi) is 8.06. The average molecular weight is 383 g/mol. The fourth-order valence-corrected chi connectivity index (χ4v) is 4.40. The first-order chi connectivity index (χ1) is 12.5. The van der Waals surface area contributed by atoms with Gasteiger partial charge in [-0.2, -0.15) is 4.31 Å². The van der Waals surface area contributed by atoms with Gasteiger partial charge in [0.15, 0.2) is 0 Å². The first-order valence-electron chi connectivity index (χ1n) is 9.45. The number of amides is 1. The molecule has 2 rings (SSSR count). The van der Waals surface area contributed by atoms with Crippen LogP contribution in [0.5, 0.6) is 0 Å². The summed E-state index contributed by atoms with van der Waals surface area (Å²) in [6.07, 6.45) is 4.48. The van der Waals surface area contributed by atoms with Crippen molar-refractivity contribution in [2.24, 2.45) is 5.92 Å². The number of hydrogen-bond donors (Lipinski definition) is 1. The summed E-state index contributed by atoms with van der Waals surface area (Å²) in [4.78, 5) is 12.5. The molecule has 0 radical (unpaired) electrons. The minimum atomic E-state index is -3.52. The number of nitrogens with one attached hydrogen (secondary N) is 1. The molecule has 0 spiro atoms. The van der Waals surface area contributed by atoms with Gasteiger partial charge in [-0.05, 0) is 36.6 Å². The van der Waals surface area contributed by atoms with Gasteiger partial charge in [0.05, 0.1) is 18.1 Å².